The largest absolute Gasteiger partial charge is 0.417 e. The van der Waals surface area contributed by atoms with E-state index in [1.807, 2.05) is 36.4 Å². The van der Waals surface area contributed by atoms with Crippen LogP contribution in [0.25, 0.3) is 22.6 Å². The Morgan fingerprint density at radius 2 is 1.53 bits per heavy atom. The van der Waals surface area contributed by atoms with Crippen LogP contribution in [0.2, 0.25) is 0 Å². The standard InChI is InChI=1S/C25H19F3N6/c26-25(27,28)20-9-5-4-8-19(20)24-33-21(18-6-2-1-3-7-18)14-23(34-24)31-13-12-30-22-11-10-17(15-29)16-32-22/h1-11,14,16H,12-13H2,(H,30,32)(H,31,33,34). The van der Waals surface area contributed by atoms with Crippen LogP contribution in [0.5, 0.6) is 0 Å². The Bertz CT molecular complexity index is 1300. The summed E-state index contributed by atoms with van der Waals surface area (Å²) in [6.45, 7) is 0.894. The molecule has 0 fully saturated rings. The Balaban J connectivity index is 1.59. The van der Waals surface area contributed by atoms with Crippen molar-refractivity contribution in [1.82, 2.24) is 15.0 Å². The van der Waals surface area contributed by atoms with Gasteiger partial charge in [-0.1, -0.05) is 48.5 Å². The zero-order valence-corrected chi connectivity index (χ0v) is 17.8. The SMILES string of the molecule is N#Cc1ccc(NCCNc2cc(-c3ccccc3)nc(-c3ccccc3C(F)(F)F)n2)nc1. The van der Waals surface area contributed by atoms with Gasteiger partial charge in [-0.2, -0.15) is 18.4 Å². The summed E-state index contributed by atoms with van der Waals surface area (Å²) in [6, 6.07) is 21.5. The van der Waals surface area contributed by atoms with Crippen molar-refractivity contribution in [3.05, 3.63) is 90.1 Å². The second kappa shape index (κ2) is 10.0. The van der Waals surface area contributed by atoms with Crippen molar-refractivity contribution in [2.45, 2.75) is 6.18 Å². The number of nitrogens with zero attached hydrogens (tertiary/aromatic N) is 4. The van der Waals surface area contributed by atoms with Crippen molar-refractivity contribution in [1.29, 1.82) is 5.26 Å². The first-order valence-electron chi connectivity index (χ1n) is 10.4. The van der Waals surface area contributed by atoms with Crippen molar-refractivity contribution >= 4 is 11.6 Å². The maximum Gasteiger partial charge on any atom is 0.417 e. The molecule has 34 heavy (non-hydrogen) atoms. The molecule has 0 atom stereocenters. The van der Waals surface area contributed by atoms with Crippen LogP contribution in [-0.2, 0) is 6.18 Å². The predicted octanol–water partition coefficient (Wildman–Crippen LogP) is 5.62. The van der Waals surface area contributed by atoms with Crippen molar-refractivity contribution in [2.24, 2.45) is 0 Å². The Morgan fingerprint density at radius 3 is 2.21 bits per heavy atom. The number of pyridine rings is 1. The Labute approximate surface area is 194 Å². The third-order valence-electron chi connectivity index (χ3n) is 4.90. The quantitative estimate of drug-likeness (QED) is 0.348. The number of nitriles is 1. The summed E-state index contributed by atoms with van der Waals surface area (Å²) >= 11 is 0. The number of anilines is 2. The molecule has 0 aliphatic heterocycles. The van der Waals surface area contributed by atoms with Gasteiger partial charge in [-0.15, -0.1) is 0 Å². The monoisotopic (exact) mass is 460 g/mol. The molecule has 170 valence electrons. The van der Waals surface area contributed by atoms with Gasteiger partial charge in [0, 0.05) is 36.5 Å². The molecular weight excluding hydrogens is 441 g/mol. The summed E-state index contributed by atoms with van der Waals surface area (Å²) in [5.74, 6) is 0.988. The number of nitrogens with one attached hydrogen (secondary N) is 2. The number of halogens is 3. The van der Waals surface area contributed by atoms with Crippen LogP contribution in [0, 0.1) is 11.3 Å². The average Bonchev–Trinajstić information content (AvgIpc) is 2.87. The first kappa shape index (κ1) is 22.7. The van der Waals surface area contributed by atoms with Crippen LogP contribution >= 0.6 is 0 Å². The number of alkyl halides is 3. The highest BCUT2D eigenvalue weighted by molar-refractivity contribution is 5.69. The molecule has 0 spiro atoms. The Hall–Kier alpha value is -4.45. The van der Waals surface area contributed by atoms with Gasteiger partial charge in [0.25, 0.3) is 0 Å². The highest BCUT2D eigenvalue weighted by atomic mass is 19.4. The zero-order chi connectivity index (χ0) is 24.0. The van der Waals surface area contributed by atoms with Gasteiger partial charge in [-0.25, -0.2) is 15.0 Å². The molecule has 0 aliphatic carbocycles. The van der Waals surface area contributed by atoms with Gasteiger partial charge >= 0.3 is 6.18 Å². The average molecular weight is 460 g/mol. The zero-order valence-electron chi connectivity index (χ0n) is 17.8. The molecule has 0 unspecified atom stereocenters. The van der Waals surface area contributed by atoms with Gasteiger partial charge in [0.2, 0.25) is 0 Å². The number of aromatic nitrogens is 3. The predicted molar refractivity (Wildman–Crippen MR) is 124 cm³/mol. The normalized spacial score (nSPS) is 11.0. The lowest BCUT2D eigenvalue weighted by Crippen LogP contribution is -2.15. The van der Waals surface area contributed by atoms with E-state index in [0.29, 0.717) is 36.0 Å². The number of hydrogen-bond donors (Lipinski definition) is 2. The van der Waals surface area contributed by atoms with Crippen LogP contribution in [0.3, 0.4) is 0 Å². The molecule has 0 bridgehead atoms. The van der Waals surface area contributed by atoms with E-state index in [4.69, 9.17) is 5.26 Å². The topological polar surface area (TPSA) is 86.5 Å². The molecule has 2 N–H and O–H groups in total. The molecule has 2 aromatic carbocycles. The van der Waals surface area contributed by atoms with Crippen LogP contribution in [0.1, 0.15) is 11.1 Å². The summed E-state index contributed by atoms with van der Waals surface area (Å²) in [6.07, 6.45) is -3.06. The van der Waals surface area contributed by atoms with Gasteiger partial charge in [-0.05, 0) is 18.2 Å². The lowest BCUT2D eigenvalue weighted by Gasteiger charge is -2.14. The molecular formula is C25H19F3N6. The third-order valence-corrected chi connectivity index (χ3v) is 4.90. The molecule has 2 aromatic heterocycles. The smallest absolute Gasteiger partial charge is 0.368 e. The van der Waals surface area contributed by atoms with Crippen LogP contribution in [0.15, 0.2) is 79.0 Å². The van der Waals surface area contributed by atoms with Gasteiger partial charge in [0.1, 0.15) is 17.7 Å². The fraction of sp³-hybridized carbons (Fsp3) is 0.120. The van der Waals surface area contributed by atoms with Crippen molar-refractivity contribution in [3.8, 4) is 28.7 Å². The first-order valence-corrected chi connectivity index (χ1v) is 10.4. The van der Waals surface area contributed by atoms with Gasteiger partial charge < -0.3 is 10.6 Å². The molecule has 2 heterocycles. The fourth-order valence-corrected chi connectivity index (χ4v) is 3.29. The summed E-state index contributed by atoms with van der Waals surface area (Å²) in [7, 11) is 0. The molecule has 6 nitrogen and oxygen atoms in total. The summed E-state index contributed by atoms with van der Waals surface area (Å²) in [5, 5.41) is 15.1. The molecule has 0 saturated heterocycles. The van der Waals surface area contributed by atoms with Gasteiger partial charge in [0.05, 0.1) is 16.8 Å². The van der Waals surface area contributed by atoms with Crippen LogP contribution in [-0.4, -0.2) is 28.0 Å². The van der Waals surface area contributed by atoms with E-state index in [1.54, 1.807) is 18.2 Å². The maximum atomic E-state index is 13.6. The number of benzene rings is 2. The van der Waals surface area contributed by atoms with E-state index in [-0.39, 0.29) is 11.4 Å². The number of rotatable bonds is 7. The molecule has 0 aliphatic rings. The van der Waals surface area contributed by atoms with Crippen molar-refractivity contribution < 1.29 is 13.2 Å². The molecule has 4 rings (SSSR count). The summed E-state index contributed by atoms with van der Waals surface area (Å²) < 4.78 is 40.8. The molecule has 0 radical (unpaired) electrons. The highest BCUT2D eigenvalue weighted by Gasteiger charge is 2.34. The maximum absolute atomic E-state index is 13.6. The molecule has 0 saturated carbocycles. The van der Waals surface area contributed by atoms with Crippen LogP contribution in [0.4, 0.5) is 24.8 Å². The van der Waals surface area contributed by atoms with E-state index >= 15 is 0 Å². The van der Waals surface area contributed by atoms with E-state index in [1.165, 1.54) is 24.4 Å². The van der Waals surface area contributed by atoms with E-state index in [9.17, 15) is 13.2 Å². The molecule has 0 amide bonds. The second-order valence-corrected chi connectivity index (χ2v) is 7.27. The number of hydrogen-bond acceptors (Lipinski definition) is 6. The highest BCUT2D eigenvalue weighted by Crippen LogP contribution is 2.36. The van der Waals surface area contributed by atoms with E-state index in [0.717, 1.165) is 11.6 Å². The van der Waals surface area contributed by atoms with E-state index < -0.39 is 11.7 Å². The minimum atomic E-state index is -4.53. The van der Waals surface area contributed by atoms with E-state index in [2.05, 4.69) is 25.6 Å². The second-order valence-electron chi connectivity index (χ2n) is 7.27. The summed E-state index contributed by atoms with van der Waals surface area (Å²) in [5.41, 5.74) is 0.852. The third kappa shape index (κ3) is 5.48. The van der Waals surface area contributed by atoms with Gasteiger partial charge in [0.15, 0.2) is 5.82 Å². The lowest BCUT2D eigenvalue weighted by molar-refractivity contribution is -0.137. The van der Waals surface area contributed by atoms with Crippen molar-refractivity contribution in [2.75, 3.05) is 23.7 Å². The molecule has 4 aromatic rings. The van der Waals surface area contributed by atoms with Crippen molar-refractivity contribution in [3.63, 3.8) is 0 Å². The fourth-order valence-electron chi connectivity index (χ4n) is 3.29. The van der Waals surface area contributed by atoms with Gasteiger partial charge in [-0.3, -0.25) is 0 Å². The lowest BCUT2D eigenvalue weighted by atomic mass is 10.1. The minimum Gasteiger partial charge on any atom is -0.368 e. The Kier molecular flexibility index (Phi) is 6.69. The summed E-state index contributed by atoms with van der Waals surface area (Å²) in [4.78, 5) is 12.9. The minimum absolute atomic E-state index is 0.0153. The van der Waals surface area contributed by atoms with Crippen LogP contribution < -0.4 is 10.6 Å². The Morgan fingerprint density at radius 1 is 0.824 bits per heavy atom. The first-order chi connectivity index (χ1) is 16.4. The molecule has 9 heteroatoms.